The van der Waals surface area contributed by atoms with Crippen LogP contribution in [-0.4, -0.2) is 21.5 Å². The van der Waals surface area contributed by atoms with Crippen molar-refractivity contribution in [1.29, 1.82) is 0 Å². The van der Waals surface area contributed by atoms with Gasteiger partial charge in [0.05, 0.1) is 11.0 Å². The van der Waals surface area contributed by atoms with E-state index in [1.165, 1.54) is 0 Å². The van der Waals surface area contributed by atoms with Gasteiger partial charge in [-0.1, -0.05) is 6.92 Å². The molecule has 0 fully saturated rings. The minimum absolute atomic E-state index is 0.140. The standard InChI is InChI=1S/C13H18N4S/c1-4-14-11(5-12-17-10(3)8-18-12)13-15-6-9(2)7-16-13/h6-8,11,14H,4-5H2,1-3H3. The van der Waals surface area contributed by atoms with Gasteiger partial charge in [0.15, 0.2) is 0 Å². The summed E-state index contributed by atoms with van der Waals surface area (Å²) in [7, 11) is 0. The van der Waals surface area contributed by atoms with Gasteiger partial charge >= 0.3 is 0 Å². The lowest BCUT2D eigenvalue weighted by atomic mass is 10.2. The van der Waals surface area contributed by atoms with Gasteiger partial charge in [-0.15, -0.1) is 11.3 Å². The van der Waals surface area contributed by atoms with E-state index in [9.17, 15) is 0 Å². The molecule has 96 valence electrons. The third-order valence-corrected chi connectivity index (χ3v) is 3.60. The predicted octanol–water partition coefficient (Wildman–Crippen LogP) is 2.44. The maximum absolute atomic E-state index is 4.50. The molecule has 2 aromatic rings. The van der Waals surface area contributed by atoms with E-state index in [1.54, 1.807) is 11.3 Å². The normalized spacial score (nSPS) is 12.6. The Bertz CT molecular complexity index is 492. The molecule has 2 rings (SSSR count). The molecule has 0 saturated heterocycles. The van der Waals surface area contributed by atoms with Crippen LogP contribution in [0.15, 0.2) is 17.8 Å². The molecule has 0 radical (unpaired) electrons. The van der Waals surface area contributed by atoms with Crippen LogP contribution in [0.1, 0.15) is 35.1 Å². The summed E-state index contributed by atoms with van der Waals surface area (Å²) in [5.41, 5.74) is 2.16. The summed E-state index contributed by atoms with van der Waals surface area (Å²) in [4.78, 5) is 13.3. The molecular formula is C13H18N4S. The second-order valence-corrected chi connectivity index (χ2v) is 5.26. The molecule has 0 spiro atoms. The summed E-state index contributed by atoms with van der Waals surface area (Å²) in [5, 5.41) is 6.62. The van der Waals surface area contributed by atoms with Crippen LogP contribution in [0, 0.1) is 13.8 Å². The number of aromatic nitrogens is 3. The van der Waals surface area contributed by atoms with Crippen molar-refractivity contribution in [3.63, 3.8) is 0 Å². The fourth-order valence-corrected chi connectivity index (χ4v) is 2.57. The van der Waals surface area contributed by atoms with Crippen LogP contribution in [0.3, 0.4) is 0 Å². The molecule has 0 aliphatic heterocycles. The summed E-state index contributed by atoms with van der Waals surface area (Å²) in [6.45, 7) is 7.00. The molecule has 1 N–H and O–H groups in total. The van der Waals surface area contributed by atoms with E-state index in [2.05, 4.69) is 32.6 Å². The molecule has 0 bridgehead atoms. The number of hydrogen-bond donors (Lipinski definition) is 1. The van der Waals surface area contributed by atoms with E-state index in [0.29, 0.717) is 0 Å². The number of rotatable bonds is 5. The van der Waals surface area contributed by atoms with Crippen molar-refractivity contribution in [3.8, 4) is 0 Å². The topological polar surface area (TPSA) is 50.7 Å². The van der Waals surface area contributed by atoms with Gasteiger partial charge in [0.2, 0.25) is 0 Å². The van der Waals surface area contributed by atoms with Crippen LogP contribution in [0.2, 0.25) is 0 Å². The molecule has 1 unspecified atom stereocenters. The van der Waals surface area contributed by atoms with Crippen molar-refractivity contribution >= 4 is 11.3 Å². The largest absolute Gasteiger partial charge is 0.307 e. The van der Waals surface area contributed by atoms with Crippen LogP contribution in [0.5, 0.6) is 0 Å². The number of likely N-dealkylation sites (N-methyl/N-ethyl adjacent to an activating group) is 1. The van der Waals surface area contributed by atoms with E-state index in [1.807, 2.05) is 26.2 Å². The average Bonchev–Trinajstić information content (AvgIpc) is 2.75. The van der Waals surface area contributed by atoms with Crippen molar-refractivity contribution in [2.24, 2.45) is 0 Å². The Balaban J connectivity index is 2.14. The van der Waals surface area contributed by atoms with E-state index in [0.717, 1.165) is 35.1 Å². The Kier molecular flexibility index (Phi) is 4.38. The predicted molar refractivity (Wildman–Crippen MR) is 73.7 cm³/mol. The van der Waals surface area contributed by atoms with Gasteiger partial charge < -0.3 is 5.32 Å². The quantitative estimate of drug-likeness (QED) is 0.899. The van der Waals surface area contributed by atoms with Crippen molar-refractivity contribution in [2.45, 2.75) is 33.2 Å². The first-order chi connectivity index (χ1) is 8.69. The Labute approximate surface area is 112 Å². The van der Waals surface area contributed by atoms with Gasteiger partial charge in [-0.3, -0.25) is 0 Å². The molecular weight excluding hydrogens is 244 g/mol. The van der Waals surface area contributed by atoms with Gasteiger partial charge in [-0.25, -0.2) is 15.0 Å². The van der Waals surface area contributed by atoms with E-state index in [-0.39, 0.29) is 6.04 Å². The highest BCUT2D eigenvalue weighted by Gasteiger charge is 2.15. The van der Waals surface area contributed by atoms with Crippen molar-refractivity contribution < 1.29 is 0 Å². The van der Waals surface area contributed by atoms with Crippen LogP contribution < -0.4 is 5.32 Å². The third-order valence-electron chi connectivity index (χ3n) is 2.61. The number of thiazole rings is 1. The fourth-order valence-electron chi connectivity index (χ4n) is 1.75. The molecule has 0 aliphatic rings. The Morgan fingerprint density at radius 3 is 2.56 bits per heavy atom. The number of nitrogens with zero attached hydrogens (tertiary/aromatic N) is 3. The summed E-state index contributed by atoms with van der Waals surface area (Å²) >= 11 is 1.69. The minimum Gasteiger partial charge on any atom is -0.307 e. The maximum Gasteiger partial charge on any atom is 0.145 e. The van der Waals surface area contributed by atoms with Crippen LogP contribution >= 0.6 is 11.3 Å². The smallest absolute Gasteiger partial charge is 0.145 e. The van der Waals surface area contributed by atoms with Gasteiger partial charge in [0, 0.05) is 29.9 Å². The van der Waals surface area contributed by atoms with Crippen molar-refractivity contribution in [3.05, 3.63) is 39.9 Å². The number of aryl methyl sites for hydroxylation is 2. The molecule has 1 atom stereocenters. The van der Waals surface area contributed by atoms with Crippen LogP contribution in [0.4, 0.5) is 0 Å². The average molecular weight is 262 g/mol. The van der Waals surface area contributed by atoms with Crippen molar-refractivity contribution in [2.75, 3.05) is 6.54 Å². The van der Waals surface area contributed by atoms with Crippen LogP contribution in [-0.2, 0) is 6.42 Å². The van der Waals surface area contributed by atoms with E-state index in [4.69, 9.17) is 0 Å². The van der Waals surface area contributed by atoms with Gasteiger partial charge in [0.1, 0.15) is 5.82 Å². The molecule has 2 heterocycles. The molecule has 0 saturated carbocycles. The van der Waals surface area contributed by atoms with Gasteiger partial charge in [-0.05, 0) is 26.0 Å². The second kappa shape index (κ2) is 6.02. The minimum atomic E-state index is 0.140. The van der Waals surface area contributed by atoms with Crippen molar-refractivity contribution in [1.82, 2.24) is 20.3 Å². The molecule has 0 aromatic carbocycles. The zero-order valence-electron chi connectivity index (χ0n) is 11.0. The maximum atomic E-state index is 4.50. The summed E-state index contributed by atoms with van der Waals surface area (Å²) in [5.74, 6) is 0.843. The molecule has 2 aromatic heterocycles. The molecule has 0 amide bonds. The summed E-state index contributed by atoms with van der Waals surface area (Å²) in [6, 6.07) is 0.140. The highest BCUT2D eigenvalue weighted by atomic mass is 32.1. The second-order valence-electron chi connectivity index (χ2n) is 4.32. The Morgan fingerprint density at radius 2 is 2.00 bits per heavy atom. The van der Waals surface area contributed by atoms with Gasteiger partial charge in [0.25, 0.3) is 0 Å². The molecule has 18 heavy (non-hydrogen) atoms. The number of hydrogen-bond acceptors (Lipinski definition) is 5. The zero-order chi connectivity index (χ0) is 13.0. The Morgan fingerprint density at radius 1 is 1.28 bits per heavy atom. The highest BCUT2D eigenvalue weighted by molar-refractivity contribution is 7.09. The third kappa shape index (κ3) is 3.34. The molecule has 4 nitrogen and oxygen atoms in total. The highest BCUT2D eigenvalue weighted by Crippen LogP contribution is 2.18. The first-order valence-electron chi connectivity index (χ1n) is 6.12. The lowest BCUT2D eigenvalue weighted by molar-refractivity contribution is 0.519. The molecule has 5 heteroatoms. The summed E-state index contributed by atoms with van der Waals surface area (Å²) < 4.78 is 0. The first kappa shape index (κ1) is 13.1. The van der Waals surface area contributed by atoms with Gasteiger partial charge in [-0.2, -0.15) is 0 Å². The summed E-state index contributed by atoms with van der Waals surface area (Å²) in [6.07, 6.45) is 4.56. The zero-order valence-corrected chi connectivity index (χ0v) is 11.8. The lowest BCUT2D eigenvalue weighted by Gasteiger charge is -2.15. The molecule has 0 aliphatic carbocycles. The SMILES string of the molecule is CCNC(Cc1nc(C)cs1)c1ncc(C)cn1. The monoisotopic (exact) mass is 262 g/mol. The number of nitrogens with one attached hydrogen (secondary N) is 1. The van der Waals surface area contributed by atoms with E-state index < -0.39 is 0 Å². The van der Waals surface area contributed by atoms with E-state index >= 15 is 0 Å². The van der Waals surface area contributed by atoms with Crippen LogP contribution in [0.25, 0.3) is 0 Å². The lowest BCUT2D eigenvalue weighted by Crippen LogP contribution is -2.25. The fraction of sp³-hybridized carbons (Fsp3) is 0.462. The Hall–Kier alpha value is -1.33. The first-order valence-corrected chi connectivity index (χ1v) is 7.00.